The van der Waals surface area contributed by atoms with Crippen LogP contribution in [0.1, 0.15) is 48.3 Å². The average molecular weight is 454 g/mol. The number of aryl methyl sites for hydroxylation is 1. The first-order valence-corrected chi connectivity index (χ1v) is 11.2. The second-order valence-corrected chi connectivity index (χ2v) is 9.74. The van der Waals surface area contributed by atoms with Gasteiger partial charge in [-0.1, -0.05) is 34.5 Å². The molecule has 2 aromatic rings. The van der Waals surface area contributed by atoms with Crippen molar-refractivity contribution in [1.82, 2.24) is 14.2 Å². The number of carbonyl (C=O) groups excluding carboxylic acids is 1. The molecular formula is C19H24BrN3O3S. The van der Waals surface area contributed by atoms with Gasteiger partial charge in [-0.15, -0.1) is 0 Å². The first kappa shape index (κ1) is 20.1. The SMILES string of the molecule is CC(NC(=O)c1cc(S(=O)(=O)N2CCCCC2)cn1C)c1ccc(Br)cc1. The van der Waals surface area contributed by atoms with Crippen LogP contribution < -0.4 is 5.32 Å². The summed E-state index contributed by atoms with van der Waals surface area (Å²) in [5.41, 5.74) is 1.30. The number of piperidine rings is 1. The highest BCUT2D eigenvalue weighted by Crippen LogP contribution is 2.23. The van der Waals surface area contributed by atoms with Crippen molar-refractivity contribution in [3.8, 4) is 0 Å². The van der Waals surface area contributed by atoms with Crippen LogP contribution in [-0.4, -0.2) is 36.3 Å². The standard InChI is InChI=1S/C19H24BrN3O3S/c1-14(15-6-8-16(20)9-7-15)21-19(24)18-12-17(13-22(18)2)27(25,26)23-10-4-3-5-11-23/h6-9,12-14H,3-5,10-11H2,1-2H3,(H,21,24). The molecule has 1 saturated heterocycles. The number of benzene rings is 1. The second kappa shape index (κ2) is 8.16. The summed E-state index contributed by atoms with van der Waals surface area (Å²) in [7, 11) is -1.87. The van der Waals surface area contributed by atoms with E-state index < -0.39 is 10.0 Å². The Labute approximate surface area is 168 Å². The predicted molar refractivity (Wildman–Crippen MR) is 108 cm³/mol. The lowest BCUT2D eigenvalue weighted by Crippen LogP contribution is -2.35. The van der Waals surface area contributed by atoms with Gasteiger partial charge < -0.3 is 9.88 Å². The van der Waals surface area contributed by atoms with Gasteiger partial charge in [-0.2, -0.15) is 4.31 Å². The Balaban J connectivity index is 1.77. The molecule has 1 unspecified atom stereocenters. The van der Waals surface area contributed by atoms with Gasteiger partial charge in [-0.3, -0.25) is 4.79 Å². The number of nitrogens with zero attached hydrogens (tertiary/aromatic N) is 2. The monoisotopic (exact) mass is 453 g/mol. The van der Waals surface area contributed by atoms with E-state index in [0.29, 0.717) is 18.8 Å². The molecule has 8 heteroatoms. The van der Waals surface area contributed by atoms with E-state index in [1.807, 2.05) is 31.2 Å². The molecule has 1 N–H and O–H groups in total. The highest BCUT2D eigenvalue weighted by molar-refractivity contribution is 9.10. The third-order valence-electron chi connectivity index (χ3n) is 4.88. The van der Waals surface area contributed by atoms with Crippen LogP contribution in [0.2, 0.25) is 0 Å². The molecule has 27 heavy (non-hydrogen) atoms. The zero-order chi connectivity index (χ0) is 19.6. The number of nitrogens with one attached hydrogen (secondary N) is 1. The molecule has 0 bridgehead atoms. The van der Waals surface area contributed by atoms with Gasteiger partial charge in [0.15, 0.2) is 0 Å². The molecule has 6 nitrogen and oxygen atoms in total. The second-order valence-electron chi connectivity index (χ2n) is 6.88. The van der Waals surface area contributed by atoms with Crippen molar-refractivity contribution in [3.63, 3.8) is 0 Å². The molecule has 0 radical (unpaired) electrons. The van der Waals surface area contributed by atoms with Gasteiger partial charge in [0.25, 0.3) is 5.91 Å². The van der Waals surface area contributed by atoms with E-state index >= 15 is 0 Å². The summed E-state index contributed by atoms with van der Waals surface area (Å²) >= 11 is 3.39. The Morgan fingerprint density at radius 1 is 1.15 bits per heavy atom. The summed E-state index contributed by atoms with van der Waals surface area (Å²) in [5.74, 6) is -0.298. The van der Waals surface area contributed by atoms with Gasteiger partial charge in [-0.05, 0) is 43.5 Å². The molecule has 1 atom stereocenters. The molecule has 0 aliphatic carbocycles. The van der Waals surface area contributed by atoms with Crippen molar-refractivity contribution >= 4 is 31.9 Å². The molecule has 1 fully saturated rings. The zero-order valence-electron chi connectivity index (χ0n) is 15.5. The predicted octanol–water partition coefficient (Wildman–Crippen LogP) is 3.45. The van der Waals surface area contributed by atoms with Crippen molar-refractivity contribution in [1.29, 1.82) is 0 Å². The van der Waals surface area contributed by atoms with Crippen LogP contribution in [0.25, 0.3) is 0 Å². The van der Waals surface area contributed by atoms with Gasteiger partial charge in [0, 0.05) is 30.8 Å². The number of rotatable bonds is 5. The minimum Gasteiger partial charge on any atom is -0.345 e. The van der Waals surface area contributed by atoms with Crippen molar-refractivity contribution < 1.29 is 13.2 Å². The van der Waals surface area contributed by atoms with Crippen LogP contribution in [0.3, 0.4) is 0 Å². The van der Waals surface area contributed by atoms with E-state index in [1.54, 1.807) is 11.6 Å². The maximum absolute atomic E-state index is 12.8. The Hall–Kier alpha value is -1.64. The zero-order valence-corrected chi connectivity index (χ0v) is 17.9. The number of sulfonamides is 1. The number of amides is 1. The molecule has 146 valence electrons. The lowest BCUT2D eigenvalue weighted by molar-refractivity contribution is 0.0931. The maximum atomic E-state index is 12.8. The fraction of sp³-hybridized carbons (Fsp3) is 0.421. The van der Waals surface area contributed by atoms with E-state index in [-0.39, 0.29) is 16.8 Å². The normalized spacial score (nSPS) is 16.9. The van der Waals surface area contributed by atoms with E-state index in [1.165, 1.54) is 16.6 Å². The lowest BCUT2D eigenvalue weighted by atomic mass is 10.1. The largest absolute Gasteiger partial charge is 0.345 e. The van der Waals surface area contributed by atoms with E-state index in [2.05, 4.69) is 21.2 Å². The Morgan fingerprint density at radius 2 is 1.78 bits per heavy atom. The maximum Gasteiger partial charge on any atom is 0.268 e. The average Bonchev–Trinajstić information content (AvgIpc) is 3.05. The summed E-state index contributed by atoms with van der Waals surface area (Å²) in [6.45, 7) is 2.98. The molecule has 1 aromatic carbocycles. The van der Waals surface area contributed by atoms with Crippen molar-refractivity contribution in [2.45, 2.75) is 37.1 Å². The number of hydrogen-bond donors (Lipinski definition) is 1. The highest BCUT2D eigenvalue weighted by Gasteiger charge is 2.28. The van der Waals surface area contributed by atoms with Gasteiger partial charge in [0.2, 0.25) is 10.0 Å². The fourth-order valence-corrected chi connectivity index (χ4v) is 5.11. The molecule has 1 aliphatic rings. The molecule has 0 spiro atoms. The summed E-state index contributed by atoms with van der Waals surface area (Å²) in [6, 6.07) is 8.99. The summed E-state index contributed by atoms with van der Waals surface area (Å²) in [4.78, 5) is 12.9. The molecule has 2 heterocycles. The summed E-state index contributed by atoms with van der Waals surface area (Å²) in [6.07, 6.45) is 4.33. The van der Waals surface area contributed by atoms with Gasteiger partial charge in [0.05, 0.1) is 6.04 Å². The van der Waals surface area contributed by atoms with Crippen molar-refractivity contribution in [2.24, 2.45) is 7.05 Å². The number of halogens is 1. The molecule has 1 aromatic heterocycles. The number of carbonyl (C=O) groups is 1. The van der Waals surface area contributed by atoms with Crippen LogP contribution >= 0.6 is 15.9 Å². The number of aromatic nitrogens is 1. The minimum atomic E-state index is -3.56. The quantitative estimate of drug-likeness (QED) is 0.753. The smallest absolute Gasteiger partial charge is 0.268 e. The van der Waals surface area contributed by atoms with Gasteiger partial charge in [-0.25, -0.2) is 8.42 Å². The molecule has 3 rings (SSSR count). The van der Waals surface area contributed by atoms with Crippen LogP contribution in [-0.2, 0) is 17.1 Å². The van der Waals surface area contributed by atoms with E-state index in [9.17, 15) is 13.2 Å². The topological polar surface area (TPSA) is 71.4 Å². The van der Waals surface area contributed by atoms with Crippen LogP contribution in [0.5, 0.6) is 0 Å². The lowest BCUT2D eigenvalue weighted by Gasteiger charge is -2.25. The Bertz CT molecular complexity index is 916. The van der Waals surface area contributed by atoms with E-state index in [4.69, 9.17) is 0 Å². The molecule has 1 aliphatic heterocycles. The minimum absolute atomic E-state index is 0.174. The molecular weight excluding hydrogens is 430 g/mol. The van der Waals surface area contributed by atoms with Gasteiger partial charge >= 0.3 is 0 Å². The van der Waals surface area contributed by atoms with E-state index in [0.717, 1.165) is 29.3 Å². The molecule has 0 saturated carbocycles. The Morgan fingerprint density at radius 3 is 2.41 bits per heavy atom. The van der Waals surface area contributed by atoms with Crippen LogP contribution in [0.4, 0.5) is 0 Å². The fourth-order valence-electron chi connectivity index (χ4n) is 3.26. The van der Waals surface area contributed by atoms with Gasteiger partial charge in [0.1, 0.15) is 10.6 Å². The molecule has 1 amide bonds. The number of hydrogen-bond acceptors (Lipinski definition) is 3. The van der Waals surface area contributed by atoms with Crippen LogP contribution in [0, 0.1) is 0 Å². The summed E-state index contributed by atoms with van der Waals surface area (Å²) < 4.78 is 29.7. The first-order valence-electron chi connectivity index (χ1n) is 9.02. The first-order chi connectivity index (χ1) is 12.8. The highest BCUT2D eigenvalue weighted by atomic mass is 79.9. The third kappa shape index (κ3) is 4.44. The van der Waals surface area contributed by atoms with Crippen molar-refractivity contribution in [3.05, 3.63) is 52.3 Å². The van der Waals surface area contributed by atoms with Crippen LogP contribution in [0.15, 0.2) is 45.9 Å². The Kier molecular flexibility index (Phi) is 6.08. The third-order valence-corrected chi connectivity index (χ3v) is 7.28. The van der Waals surface area contributed by atoms with Crippen molar-refractivity contribution in [2.75, 3.05) is 13.1 Å². The summed E-state index contributed by atoms with van der Waals surface area (Å²) in [5, 5.41) is 2.93.